The molecule has 2 aliphatic heterocycles. The number of fused-ring (bicyclic) bond motifs is 2. The highest BCUT2D eigenvalue weighted by atomic mass is 35.5. The molecule has 2 aromatic heterocycles. The van der Waals surface area contributed by atoms with Gasteiger partial charge in [-0.25, -0.2) is 18.1 Å². The first-order valence-electron chi connectivity index (χ1n) is 12.4. The summed E-state index contributed by atoms with van der Waals surface area (Å²) in [4.78, 5) is 35.1. The number of benzene rings is 2. The number of hydrogen-bond acceptors (Lipinski definition) is 4. The Kier molecular flexibility index (Phi) is 7.46. The molecule has 0 amide bonds. The molecule has 13 heteroatoms. The zero-order valence-electron chi connectivity index (χ0n) is 20.6. The summed E-state index contributed by atoms with van der Waals surface area (Å²) in [6, 6.07) is 8.96. The molecule has 0 bridgehead atoms. The minimum Gasteiger partial charge on any atom is -0.271 e. The van der Waals surface area contributed by atoms with Crippen molar-refractivity contribution in [2.45, 2.75) is 51.9 Å². The third-order valence-electron chi connectivity index (χ3n) is 6.88. The van der Waals surface area contributed by atoms with Crippen LogP contribution in [0, 0.1) is 21.7 Å². The van der Waals surface area contributed by atoms with Gasteiger partial charge in [-0.2, -0.15) is 0 Å². The van der Waals surface area contributed by atoms with E-state index in [2.05, 4.69) is 0 Å². The van der Waals surface area contributed by atoms with Crippen LogP contribution in [0.1, 0.15) is 25.7 Å². The van der Waals surface area contributed by atoms with E-state index < -0.39 is 16.4 Å². The molecule has 0 spiro atoms. The van der Waals surface area contributed by atoms with E-state index in [0.29, 0.717) is 35.9 Å². The van der Waals surface area contributed by atoms with Crippen LogP contribution in [0.5, 0.6) is 0 Å². The quantitative estimate of drug-likeness (QED) is 0.230. The van der Waals surface area contributed by atoms with Gasteiger partial charge in [0.25, 0.3) is 16.8 Å². The number of nitrogens with zero attached hydrogens (tertiary/aromatic N) is 5. The molecule has 0 fully saturated rings. The van der Waals surface area contributed by atoms with E-state index in [-0.39, 0.29) is 33.2 Å². The standard InChI is InChI=1S/C13H11ClFN3O3.C13H12ClFN2O/c14-12-11(13(19)17-6-2-1-5-16(12)17)9-4-3-8(15)7-10(9)18(20)21;14-12-11(9-3-5-10(15)6-4-9)13(18)17-8-2-1-7-16(12)17/h3-4,7H,1-2,5-6H2;3-6H,1-2,7-8H2. The molecule has 39 heavy (non-hydrogen) atoms. The molecular weight excluding hydrogens is 555 g/mol. The Morgan fingerprint density at radius 3 is 1.67 bits per heavy atom. The first kappa shape index (κ1) is 26.9. The Morgan fingerprint density at radius 2 is 1.15 bits per heavy atom. The Bertz CT molecular complexity index is 1690. The van der Waals surface area contributed by atoms with Crippen molar-refractivity contribution in [1.29, 1.82) is 0 Å². The van der Waals surface area contributed by atoms with Crippen molar-refractivity contribution in [1.82, 2.24) is 18.7 Å². The second-order valence-electron chi connectivity index (χ2n) is 9.27. The Morgan fingerprint density at radius 1 is 0.692 bits per heavy atom. The zero-order valence-corrected chi connectivity index (χ0v) is 22.1. The average molecular weight is 578 g/mol. The molecule has 4 aromatic rings. The average Bonchev–Trinajstić information content (AvgIpc) is 3.34. The Labute approximate surface area is 230 Å². The van der Waals surface area contributed by atoms with Crippen molar-refractivity contribution >= 4 is 28.9 Å². The minimum absolute atomic E-state index is 0.0470. The highest BCUT2D eigenvalue weighted by molar-refractivity contribution is 6.32. The fourth-order valence-electron chi connectivity index (χ4n) is 5.01. The highest BCUT2D eigenvalue weighted by Gasteiger charge is 2.27. The van der Waals surface area contributed by atoms with Crippen LogP contribution in [0.3, 0.4) is 0 Å². The van der Waals surface area contributed by atoms with Crippen LogP contribution in [0.4, 0.5) is 14.5 Å². The smallest absolute Gasteiger partial charge is 0.271 e. The van der Waals surface area contributed by atoms with Crippen LogP contribution in [0.15, 0.2) is 52.1 Å². The lowest BCUT2D eigenvalue weighted by Crippen LogP contribution is -2.27. The van der Waals surface area contributed by atoms with Gasteiger partial charge >= 0.3 is 0 Å². The van der Waals surface area contributed by atoms with Gasteiger partial charge in [-0.05, 0) is 55.5 Å². The molecule has 2 aliphatic rings. The van der Waals surface area contributed by atoms with Crippen LogP contribution in [0.2, 0.25) is 10.3 Å². The van der Waals surface area contributed by atoms with E-state index in [0.717, 1.165) is 44.4 Å². The maximum Gasteiger partial charge on any atom is 0.280 e. The lowest BCUT2D eigenvalue weighted by Gasteiger charge is -2.17. The van der Waals surface area contributed by atoms with Crippen molar-refractivity contribution < 1.29 is 13.7 Å². The van der Waals surface area contributed by atoms with Gasteiger partial charge in [0.05, 0.1) is 27.7 Å². The number of hydrogen-bond donors (Lipinski definition) is 0. The van der Waals surface area contributed by atoms with Crippen LogP contribution in [0.25, 0.3) is 22.3 Å². The van der Waals surface area contributed by atoms with Gasteiger partial charge in [0.1, 0.15) is 21.9 Å². The molecule has 0 saturated heterocycles. The van der Waals surface area contributed by atoms with Gasteiger partial charge in [0, 0.05) is 26.2 Å². The first-order chi connectivity index (χ1) is 18.7. The van der Waals surface area contributed by atoms with Gasteiger partial charge in [0.2, 0.25) is 0 Å². The molecule has 4 heterocycles. The summed E-state index contributed by atoms with van der Waals surface area (Å²) < 4.78 is 32.7. The van der Waals surface area contributed by atoms with Crippen LogP contribution < -0.4 is 11.1 Å². The van der Waals surface area contributed by atoms with Gasteiger partial charge in [-0.15, -0.1) is 0 Å². The Balaban J connectivity index is 0.000000160. The fourth-order valence-corrected chi connectivity index (χ4v) is 5.73. The number of halogens is 4. The molecule has 2 aromatic carbocycles. The van der Waals surface area contributed by atoms with Crippen molar-refractivity contribution in [3.8, 4) is 22.3 Å². The molecule has 6 rings (SSSR count). The first-order valence-corrected chi connectivity index (χ1v) is 13.1. The largest absolute Gasteiger partial charge is 0.280 e. The molecule has 0 N–H and O–H groups in total. The summed E-state index contributed by atoms with van der Waals surface area (Å²) in [7, 11) is 0. The molecule has 9 nitrogen and oxygen atoms in total. The van der Waals surface area contributed by atoms with Crippen LogP contribution >= 0.6 is 23.2 Å². The predicted molar refractivity (Wildman–Crippen MR) is 143 cm³/mol. The van der Waals surface area contributed by atoms with Gasteiger partial charge in [-0.1, -0.05) is 35.3 Å². The molecule has 0 atom stereocenters. The van der Waals surface area contributed by atoms with Crippen molar-refractivity contribution in [2.24, 2.45) is 0 Å². The summed E-state index contributed by atoms with van der Waals surface area (Å²) >= 11 is 12.5. The summed E-state index contributed by atoms with van der Waals surface area (Å²) in [6.45, 7) is 2.56. The van der Waals surface area contributed by atoms with E-state index in [1.54, 1.807) is 21.5 Å². The second-order valence-corrected chi connectivity index (χ2v) is 9.99. The van der Waals surface area contributed by atoms with E-state index in [9.17, 15) is 28.5 Å². The molecule has 0 saturated carbocycles. The fraction of sp³-hybridized carbons (Fsp3) is 0.308. The van der Waals surface area contributed by atoms with Crippen molar-refractivity contribution in [3.05, 3.63) is 95.2 Å². The van der Waals surface area contributed by atoms with E-state index >= 15 is 0 Å². The predicted octanol–water partition coefficient (Wildman–Crippen LogP) is 5.71. The summed E-state index contributed by atoms with van der Waals surface area (Å²) in [5, 5.41) is 11.7. The maximum atomic E-state index is 13.2. The van der Waals surface area contributed by atoms with Gasteiger partial charge in [-0.3, -0.25) is 29.1 Å². The second kappa shape index (κ2) is 10.8. The van der Waals surface area contributed by atoms with E-state index in [4.69, 9.17) is 23.2 Å². The Hall–Kier alpha value is -3.70. The van der Waals surface area contributed by atoms with Crippen molar-refractivity contribution in [2.75, 3.05) is 0 Å². The number of rotatable bonds is 3. The molecule has 0 unspecified atom stereocenters. The lowest BCUT2D eigenvalue weighted by molar-refractivity contribution is -0.384. The maximum absolute atomic E-state index is 13.2. The van der Waals surface area contributed by atoms with Crippen LogP contribution in [-0.2, 0) is 26.2 Å². The topological polar surface area (TPSA) is 97.0 Å². The summed E-state index contributed by atoms with van der Waals surface area (Å²) in [5.74, 6) is -1.05. The van der Waals surface area contributed by atoms with E-state index in [1.807, 2.05) is 4.68 Å². The SMILES string of the molecule is O=c1c(-c2ccc(F)cc2)c(Cl)n2n1CCCC2.O=c1c(-c2ccc(F)cc2[N+](=O)[O-])c(Cl)n2n1CCCC2. The van der Waals surface area contributed by atoms with Crippen molar-refractivity contribution in [3.63, 3.8) is 0 Å². The number of nitro benzene ring substituents is 1. The van der Waals surface area contributed by atoms with E-state index in [1.165, 1.54) is 22.9 Å². The summed E-state index contributed by atoms with van der Waals surface area (Å²) in [6.07, 6.45) is 3.75. The van der Waals surface area contributed by atoms with Gasteiger partial charge < -0.3 is 0 Å². The number of aromatic nitrogens is 4. The number of nitro groups is 1. The van der Waals surface area contributed by atoms with Gasteiger partial charge in [0.15, 0.2) is 0 Å². The molecular formula is C26H23Cl2F2N5O4. The third-order valence-corrected chi connectivity index (χ3v) is 7.65. The monoisotopic (exact) mass is 577 g/mol. The minimum atomic E-state index is -0.731. The summed E-state index contributed by atoms with van der Waals surface area (Å²) in [5.41, 5.74) is 0.314. The lowest BCUT2D eigenvalue weighted by atomic mass is 10.1. The normalized spacial score (nSPS) is 14.3. The molecule has 204 valence electrons. The van der Waals surface area contributed by atoms with Crippen LogP contribution in [-0.4, -0.2) is 23.7 Å². The third kappa shape index (κ3) is 4.92. The molecule has 0 radical (unpaired) electrons. The highest BCUT2D eigenvalue weighted by Crippen LogP contribution is 2.34. The molecule has 0 aliphatic carbocycles. The zero-order chi connectivity index (χ0) is 27.8.